The number of benzene rings is 2. The van der Waals surface area contributed by atoms with E-state index in [2.05, 4.69) is 11.4 Å². The molecule has 1 unspecified atom stereocenters. The molecular formula is C25H30N4O3. The molecule has 4 rings (SSSR count). The zero-order valence-corrected chi connectivity index (χ0v) is 18.5. The molecular weight excluding hydrogens is 404 g/mol. The Balaban J connectivity index is 0.000000222. The number of carbonyl (C=O) groups is 1. The van der Waals surface area contributed by atoms with Crippen LogP contribution in [0.2, 0.25) is 0 Å². The lowest BCUT2D eigenvalue weighted by Gasteiger charge is -2.16. The molecule has 0 spiro atoms. The summed E-state index contributed by atoms with van der Waals surface area (Å²) < 4.78 is 6.63. The minimum absolute atomic E-state index is 0.0651. The topological polar surface area (TPSA) is 114 Å². The van der Waals surface area contributed by atoms with Gasteiger partial charge in [0.1, 0.15) is 0 Å². The van der Waals surface area contributed by atoms with Gasteiger partial charge >= 0.3 is 5.76 Å². The molecule has 0 bridgehead atoms. The normalized spacial score (nSPS) is 16.3. The van der Waals surface area contributed by atoms with Gasteiger partial charge in [-0.15, -0.1) is 0 Å². The highest BCUT2D eigenvalue weighted by molar-refractivity contribution is 5.80. The lowest BCUT2D eigenvalue weighted by atomic mass is 9.99. The minimum atomic E-state index is -0.353. The second kappa shape index (κ2) is 11.3. The Morgan fingerprint density at radius 2 is 1.94 bits per heavy atom. The number of nitrogens with one attached hydrogen (secondary N) is 1. The first kappa shape index (κ1) is 23.3. The second-order valence-corrected chi connectivity index (χ2v) is 8.12. The molecule has 0 saturated carbocycles. The van der Waals surface area contributed by atoms with E-state index in [0.717, 1.165) is 54.6 Å². The van der Waals surface area contributed by atoms with E-state index in [1.807, 2.05) is 42.5 Å². The number of hydrogen-bond donors (Lipinski definition) is 2. The van der Waals surface area contributed by atoms with Gasteiger partial charge in [0.2, 0.25) is 5.91 Å². The fraction of sp³-hybridized carbons (Fsp3) is 0.400. The molecule has 7 nitrogen and oxygen atoms in total. The summed E-state index contributed by atoms with van der Waals surface area (Å²) in [6.45, 7) is 1.80. The van der Waals surface area contributed by atoms with Crippen molar-refractivity contribution in [3.8, 4) is 17.2 Å². The van der Waals surface area contributed by atoms with Crippen molar-refractivity contribution >= 4 is 17.0 Å². The molecule has 7 heteroatoms. The summed E-state index contributed by atoms with van der Waals surface area (Å²) >= 11 is 0. The monoisotopic (exact) mass is 434 g/mol. The maximum Gasteiger partial charge on any atom is 0.419 e. The third kappa shape index (κ3) is 6.08. The summed E-state index contributed by atoms with van der Waals surface area (Å²) in [5.74, 6) is -0.441. The van der Waals surface area contributed by atoms with Crippen LogP contribution in [-0.4, -0.2) is 23.6 Å². The van der Waals surface area contributed by atoms with Crippen molar-refractivity contribution in [2.45, 2.75) is 38.5 Å². The number of aryl methyl sites for hydroxylation is 2. The Hall–Kier alpha value is -3.37. The van der Waals surface area contributed by atoms with Crippen LogP contribution in [0.1, 0.15) is 37.7 Å². The van der Waals surface area contributed by atoms with E-state index < -0.39 is 0 Å². The van der Waals surface area contributed by atoms with E-state index in [-0.39, 0.29) is 17.6 Å². The molecule has 3 N–H and O–H groups in total. The van der Waals surface area contributed by atoms with Crippen LogP contribution in [0.5, 0.6) is 0 Å². The minimum Gasteiger partial charge on any atom is -0.408 e. The molecule has 1 aliphatic rings. The molecule has 2 heterocycles. The van der Waals surface area contributed by atoms with Crippen molar-refractivity contribution < 1.29 is 9.21 Å². The van der Waals surface area contributed by atoms with Crippen molar-refractivity contribution in [1.29, 1.82) is 5.26 Å². The van der Waals surface area contributed by atoms with Gasteiger partial charge in [0, 0.05) is 20.0 Å². The summed E-state index contributed by atoms with van der Waals surface area (Å²) in [4.78, 5) is 22.3. The Bertz CT molecular complexity index is 1130. The summed E-state index contributed by atoms with van der Waals surface area (Å²) in [5, 5.41) is 11.8. The number of carbonyl (C=O) groups excluding carboxylic acids is 1. The summed E-state index contributed by atoms with van der Waals surface area (Å²) in [7, 11) is 1.70. The van der Waals surface area contributed by atoms with Crippen LogP contribution >= 0.6 is 0 Å². The van der Waals surface area contributed by atoms with Gasteiger partial charge in [0.15, 0.2) is 5.58 Å². The van der Waals surface area contributed by atoms with E-state index in [1.54, 1.807) is 7.05 Å². The number of nitrogens with two attached hydrogens (primary N) is 1. The van der Waals surface area contributed by atoms with Crippen LogP contribution in [-0.2, 0) is 18.3 Å². The van der Waals surface area contributed by atoms with Crippen LogP contribution < -0.4 is 16.8 Å². The van der Waals surface area contributed by atoms with Crippen molar-refractivity contribution in [3.63, 3.8) is 0 Å². The summed E-state index contributed by atoms with van der Waals surface area (Å²) in [5.41, 5.74) is 9.84. The number of aromatic nitrogens is 1. The molecule has 168 valence electrons. The Labute approximate surface area is 187 Å². The van der Waals surface area contributed by atoms with E-state index in [9.17, 15) is 9.59 Å². The number of rotatable bonds is 4. The van der Waals surface area contributed by atoms with E-state index >= 15 is 0 Å². The molecule has 1 aromatic heterocycles. The second-order valence-electron chi connectivity index (χ2n) is 8.12. The quantitative estimate of drug-likeness (QED) is 0.652. The molecule has 1 fully saturated rings. The van der Waals surface area contributed by atoms with Gasteiger partial charge in [-0.05, 0) is 54.6 Å². The Morgan fingerprint density at radius 1 is 1.19 bits per heavy atom. The average Bonchev–Trinajstić information content (AvgIpc) is 3.06. The van der Waals surface area contributed by atoms with Crippen molar-refractivity contribution in [2.75, 3.05) is 13.1 Å². The highest BCUT2D eigenvalue weighted by atomic mass is 16.4. The smallest absolute Gasteiger partial charge is 0.408 e. The molecule has 0 radical (unpaired) electrons. The van der Waals surface area contributed by atoms with Crippen LogP contribution in [0, 0.1) is 17.2 Å². The fourth-order valence-corrected chi connectivity index (χ4v) is 3.81. The summed E-state index contributed by atoms with van der Waals surface area (Å²) in [6.07, 6.45) is 5.86. The van der Waals surface area contributed by atoms with Gasteiger partial charge in [-0.25, -0.2) is 4.79 Å². The van der Waals surface area contributed by atoms with Crippen molar-refractivity contribution in [3.05, 3.63) is 58.6 Å². The molecule has 1 aliphatic heterocycles. The molecule has 1 atom stereocenters. The molecule has 0 aliphatic carbocycles. The molecule has 2 aromatic carbocycles. The third-order valence-corrected chi connectivity index (χ3v) is 5.80. The highest BCUT2D eigenvalue weighted by Gasteiger charge is 2.15. The maximum atomic E-state index is 11.5. The number of nitriles is 1. The van der Waals surface area contributed by atoms with E-state index in [1.165, 1.54) is 17.4 Å². The molecule has 1 saturated heterocycles. The zero-order chi connectivity index (χ0) is 22.9. The number of hydrogen-bond acceptors (Lipinski definition) is 5. The van der Waals surface area contributed by atoms with Gasteiger partial charge < -0.3 is 15.5 Å². The molecule has 1 amide bonds. The number of fused-ring (bicyclic) bond motifs is 1. The third-order valence-electron chi connectivity index (χ3n) is 5.80. The van der Waals surface area contributed by atoms with Gasteiger partial charge in [0.25, 0.3) is 0 Å². The fourth-order valence-electron chi connectivity index (χ4n) is 3.81. The number of oxazole rings is 1. The van der Waals surface area contributed by atoms with E-state index in [0.29, 0.717) is 12.0 Å². The van der Waals surface area contributed by atoms with Crippen LogP contribution in [0.25, 0.3) is 22.2 Å². The first-order valence-electron chi connectivity index (χ1n) is 11.1. The average molecular weight is 435 g/mol. The first-order valence-corrected chi connectivity index (χ1v) is 11.1. The largest absolute Gasteiger partial charge is 0.419 e. The SMILES string of the molecule is Cn1c(=O)oc2ccc(-c3ccc(CCC#N)cc3)cc21.NC(=O)C1CCCCCNC1. The Kier molecular flexibility index (Phi) is 8.23. The first-order chi connectivity index (χ1) is 15.5. The highest BCUT2D eigenvalue weighted by Crippen LogP contribution is 2.24. The lowest BCUT2D eigenvalue weighted by molar-refractivity contribution is -0.122. The van der Waals surface area contributed by atoms with Crippen LogP contribution in [0.3, 0.4) is 0 Å². The number of nitrogens with zero attached hydrogens (tertiary/aromatic N) is 2. The summed E-state index contributed by atoms with van der Waals surface area (Å²) in [6, 6.07) is 16.0. The van der Waals surface area contributed by atoms with Gasteiger partial charge in [-0.1, -0.05) is 43.2 Å². The maximum absolute atomic E-state index is 11.5. The lowest BCUT2D eigenvalue weighted by Crippen LogP contribution is -2.34. The van der Waals surface area contributed by atoms with Gasteiger partial charge in [-0.2, -0.15) is 5.26 Å². The molecule has 3 aromatic rings. The Morgan fingerprint density at radius 3 is 2.66 bits per heavy atom. The zero-order valence-electron chi connectivity index (χ0n) is 18.5. The standard InChI is InChI=1S/C17H14N2O2.C8H16N2O/c1-19-15-11-14(8-9-16(15)21-17(19)20)13-6-4-12(5-7-13)3-2-10-18;9-8(11)7-4-2-1-3-5-10-6-7/h4-9,11H,2-3H2,1H3;7,10H,1-6H2,(H2,9,11). The van der Waals surface area contributed by atoms with Crippen LogP contribution in [0.4, 0.5) is 0 Å². The van der Waals surface area contributed by atoms with E-state index in [4.69, 9.17) is 15.4 Å². The van der Waals surface area contributed by atoms with Gasteiger partial charge in [-0.3, -0.25) is 9.36 Å². The number of primary amides is 1. The predicted octanol–water partition coefficient (Wildman–Crippen LogP) is 3.51. The molecule has 32 heavy (non-hydrogen) atoms. The van der Waals surface area contributed by atoms with Crippen molar-refractivity contribution in [1.82, 2.24) is 9.88 Å². The van der Waals surface area contributed by atoms with Crippen molar-refractivity contribution in [2.24, 2.45) is 18.7 Å². The van der Waals surface area contributed by atoms with Gasteiger partial charge in [0.05, 0.1) is 17.5 Å². The van der Waals surface area contributed by atoms with Crippen LogP contribution in [0.15, 0.2) is 51.7 Å². The number of amides is 1. The predicted molar refractivity (Wildman–Crippen MR) is 125 cm³/mol.